The maximum atomic E-state index is 4.06. The van der Waals surface area contributed by atoms with Gasteiger partial charge < -0.3 is 10.2 Å². The van der Waals surface area contributed by atoms with Crippen LogP contribution in [0.3, 0.4) is 0 Å². The van der Waals surface area contributed by atoms with Crippen molar-refractivity contribution in [2.75, 3.05) is 26.7 Å². The van der Waals surface area contributed by atoms with Crippen LogP contribution in [0.1, 0.15) is 38.7 Å². The van der Waals surface area contributed by atoms with E-state index in [9.17, 15) is 0 Å². The third-order valence-corrected chi connectivity index (χ3v) is 3.55. The number of rotatable bonds is 10. The van der Waals surface area contributed by atoms with Gasteiger partial charge in [-0.05, 0) is 50.6 Å². The molecule has 0 aromatic carbocycles. The van der Waals surface area contributed by atoms with Crippen molar-refractivity contribution >= 4 is 0 Å². The molecule has 1 rings (SSSR count). The molecule has 19 heavy (non-hydrogen) atoms. The number of hydrogen-bond donors (Lipinski definition) is 1. The van der Waals surface area contributed by atoms with Crippen LogP contribution in [-0.2, 0) is 6.42 Å². The summed E-state index contributed by atoms with van der Waals surface area (Å²) in [5.74, 6) is 0. The summed E-state index contributed by atoms with van der Waals surface area (Å²) in [5.41, 5.74) is 1.37. The normalized spacial score (nSPS) is 12.8. The van der Waals surface area contributed by atoms with Crippen LogP contribution in [0.25, 0.3) is 0 Å². The maximum Gasteiger partial charge on any atom is 0.0270 e. The van der Waals surface area contributed by atoms with Crippen LogP contribution in [0.15, 0.2) is 24.5 Å². The number of likely N-dealkylation sites (N-methyl/N-ethyl adjacent to an activating group) is 1. The lowest BCUT2D eigenvalue weighted by molar-refractivity contribution is 0.225. The molecule has 0 saturated heterocycles. The van der Waals surface area contributed by atoms with Crippen LogP contribution in [0.4, 0.5) is 0 Å². The lowest BCUT2D eigenvalue weighted by Crippen LogP contribution is -2.41. The maximum absolute atomic E-state index is 4.06. The molecule has 1 N–H and O–H groups in total. The largest absolute Gasteiger partial charge is 0.315 e. The minimum atomic E-state index is 0.651. The Morgan fingerprint density at radius 2 is 1.95 bits per heavy atom. The van der Waals surface area contributed by atoms with E-state index in [0.29, 0.717) is 6.04 Å². The number of aromatic nitrogens is 1. The van der Waals surface area contributed by atoms with Gasteiger partial charge in [-0.25, -0.2) is 0 Å². The van der Waals surface area contributed by atoms with Crippen molar-refractivity contribution < 1.29 is 0 Å². The Morgan fingerprint density at radius 3 is 2.58 bits per heavy atom. The number of pyridine rings is 1. The summed E-state index contributed by atoms with van der Waals surface area (Å²) in [5, 5.41) is 3.55. The van der Waals surface area contributed by atoms with E-state index in [1.54, 1.807) is 0 Å². The van der Waals surface area contributed by atoms with E-state index in [2.05, 4.69) is 48.2 Å². The Morgan fingerprint density at radius 1 is 1.21 bits per heavy atom. The molecule has 1 aromatic heterocycles. The lowest BCUT2D eigenvalue weighted by Gasteiger charge is -2.28. The van der Waals surface area contributed by atoms with Crippen LogP contribution in [0.2, 0.25) is 0 Å². The fourth-order valence-corrected chi connectivity index (χ4v) is 2.29. The highest BCUT2D eigenvalue weighted by atomic mass is 15.1. The fraction of sp³-hybridized carbons (Fsp3) is 0.688. The highest BCUT2D eigenvalue weighted by molar-refractivity contribution is 5.09. The van der Waals surface area contributed by atoms with Gasteiger partial charge in [-0.15, -0.1) is 0 Å². The smallest absolute Gasteiger partial charge is 0.0270 e. The van der Waals surface area contributed by atoms with Gasteiger partial charge >= 0.3 is 0 Å². The zero-order valence-corrected chi connectivity index (χ0v) is 12.7. The Labute approximate surface area is 118 Å². The molecule has 0 bridgehead atoms. The van der Waals surface area contributed by atoms with Crippen LogP contribution >= 0.6 is 0 Å². The van der Waals surface area contributed by atoms with Crippen molar-refractivity contribution in [1.29, 1.82) is 0 Å². The van der Waals surface area contributed by atoms with Gasteiger partial charge in [0.15, 0.2) is 0 Å². The second-order valence-electron chi connectivity index (χ2n) is 5.23. The van der Waals surface area contributed by atoms with Gasteiger partial charge in [-0.2, -0.15) is 0 Å². The van der Waals surface area contributed by atoms with Crippen molar-refractivity contribution in [3.63, 3.8) is 0 Å². The van der Waals surface area contributed by atoms with E-state index < -0.39 is 0 Å². The van der Waals surface area contributed by atoms with Crippen molar-refractivity contribution in [3.05, 3.63) is 30.1 Å². The van der Waals surface area contributed by atoms with E-state index in [-0.39, 0.29) is 0 Å². The first-order chi connectivity index (χ1) is 9.27. The zero-order chi connectivity index (χ0) is 13.9. The monoisotopic (exact) mass is 263 g/mol. The van der Waals surface area contributed by atoms with Crippen molar-refractivity contribution in [3.8, 4) is 0 Å². The van der Waals surface area contributed by atoms with E-state index in [4.69, 9.17) is 0 Å². The highest BCUT2D eigenvalue weighted by Gasteiger charge is 2.12. The van der Waals surface area contributed by atoms with Crippen molar-refractivity contribution in [2.24, 2.45) is 0 Å². The van der Waals surface area contributed by atoms with E-state index in [1.807, 2.05) is 12.4 Å². The summed E-state index contributed by atoms with van der Waals surface area (Å²) in [4.78, 5) is 6.56. The van der Waals surface area contributed by atoms with Gasteiger partial charge in [0, 0.05) is 31.5 Å². The second kappa shape index (κ2) is 9.93. The molecule has 1 unspecified atom stereocenters. The second-order valence-corrected chi connectivity index (χ2v) is 5.23. The molecule has 0 aliphatic heterocycles. The molecule has 0 aliphatic rings. The van der Waals surface area contributed by atoms with Crippen LogP contribution < -0.4 is 5.32 Å². The first-order valence-corrected chi connectivity index (χ1v) is 7.57. The Hall–Kier alpha value is -0.930. The zero-order valence-electron chi connectivity index (χ0n) is 12.7. The summed E-state index contributed by atoms with van der Waals surface area (Å²) in [6, 6.07) is 4.87. The minimum Gasteiger partial charge on any atom is -0.315 e. The Balaban J connectivity index is 2.36. The highest BCUT2D eigenvalue weighted by Crippen LogP contribution is 2.06. The predicted molar refractivity (Wildman–Crippen MR) is 82.4 cm³/mol. The van der Waals surface area contributed by atoms with Gasteiger partial charge in [0.25, 0.3) is 0 Å². The summed E-state index contributed by atoms with van der Waals surface area (Å²) in [6.45, 7) is 7.83. The fourth-order valence-electron chi connectivity index (χ4n) is 2.29. The summed E-state index contributed by atoms with van der Waals surface area (Å²) in [7, 11) is 2.25. The van der Waals surface area contributed by atoms with Gasteiger partial charge in [0.2, 0.25) is 0 Å². The molecule has 3 nitrogen and oxygen atoms in total. The first-order valence-electron chi connectivity index (χ1n) is 7.57. The average molecular weight is 263 g/mol. The molecule has 0 amide bonds. The molecule has 1 aromatic rings. The lowest BCUT2D eigenvalue weighted by atomic mass is 10.1. The van der Waals surface area contributed by atoms with Gasteiger partial charge in [-0.3, -0.25) is 4.98 Å². The minimum absolute atomic E-state index is 0.651. The predicted octanol–water partition coefficient (Wildman–Crippen LogP) is 2.72. The Bertz CT molecular complexity index is 313. The molecule has 1 atom stereocenters. The van der Waals surface area contributed by atoms with Gasteiger partial charge in [0.1, 0.15) is 0 Å². The topological polar surface area (TPSA) is 28.2 Å². The molecule has 0 saturated carbocycles. The quantitative estimate of drug-likeness (QED) is 0.658. The van der Waals surface area contributed by atoms with E-state index >= 15 is 0 Å². The van der Waals surface area contributed by atoms with E-state index in [0.717, 1.165) is 26.1 Å². The summed E-state index contributed by atoms with van der Waals surface area (Å²) in [6.07, 6.45) is 8.58. The molecule has 3 heteroatoms. The molecule has 108 valence electrons. The van der Waals surface area contributed by atoms with Crippen LogP contribution in [-0.4, -0.2) is 42.6 Å². The number of nitrogens with one attached hydrogen (secondary N) is 1. The summed E-state index contributed by atoms with van der Waals surface area (Å²) < 4.78 is 0. The number of nitrogens with zero attached hydrogens (tertiary/aromatic N) is 2. The van der Waals surface area contributed by atoms with Crippen LogP contribution in [0, 0.1) is 0 Å². The molecule has 0 aliphatic carbocycles. The Kier molecular flexibility index (Phi) is 8.43. The molecular weight excluding hydrogens is 234 g/mol. The first kappa shape index (κ1) is 16.1. The third kappa shape index (κ3) is 6.69. The van der Waals surface area contributed by atoms with Crippen molar-refractivity contribution in [2.45, 2.75) is 45.6 Å². The van der Waals surface area contributed by atoms with E-state index in [1.165, 1.54) is 24.8 Å². The molecule has 0 fully saturated rings. The van der Waals surface area contributed by atoms with Gasteiger partial charge in [-0.1, -0.05) is 20.3 Å². The van der Waals surface area contributed by atoms with Crippen molar-refractivity contribution in [1.82, 2.24) is 15.2 Å². The average Bonchev–Trinajstić information content (AvgIpc) is 2.45. The third-order valence-electron chi connectivity index (χ3n) is 3.55. The summed E-state index contributed by atoms with van der Waals surface area (Å²) >= 11 is 0. The molecule has 0 spiro atoms. The molecule has 1 heterocycles. The van der Waals surface area contributed by atoms with Gasteiger partial charge in [0.05, 0.1) is 0 Å². The standard InChI is InChI=1S/C16H29N3/c1-4-6-16(14-18-10-5-2)19(3)13-9-15-7-11-17-12-8-15/h7-8,11-12,16,18H,4-6,9-10,13-14H2,1-3H3. The molecule has 0 radical (unpaired) electrons. The number of hydrogen-bond acceptors (Lipinski definition) is 3. The van der Waals surface area contributed by atoms with Crippen LogP contribution in [0.5, 0.6) is 0 Å². The molecular formula is C16H29N3. The SMILES string of the molecule is CCCNCC(CCC)N(C)CCc1ccncc1.